The fraction of sp³-hybridized carbons (Fsp3) is 0.533. The molecule has 0 aromatic heterocycles. The Kier molecular flexibility index (Phi) is 4.43. The normalized spacial score (nSPS) is 19.4. The Bertz CT molecular complexity index is 455. The van der Waals surface area contributed by atoms with Gasteiger partial charge in [-0.15, -0.1) is 0 Å². The van der Waals surface area contributed by atoms with Gasteiger partial charge in [0.05, 0.1) is 12.7 Å². The van der Waals surface area contributed by atoms with Gasteiger partial charge < -0.3 is 14.6 Å². The quantitative estimate of drug-likeness (QED) is 0.848. The molecule has 4 nitrogen and oxygen atoms in total. The van der Waals surface area contributed by atoms with E-state index >= 15 is 0 Å². The summed E-state index contributed by atoms with van der Waals surface area (Å²) in [5, 5.41) is 9.97. The number of hydrogen-bond acceptors (Lipinski definition) is 4. The number of fused-ring (bicyclic) bond motifs is 1. The van der Waals surface area contributed by atoms with E-state index in [0.717, 1.165) is 30.4 Å². The Morgan fingerprint density at radius 3 is 3.05 bits per heavy atom. The first-order valence-corrected chi connectivity index (χ1v) is 6.76. The van der Waals surface area contributed by atoms with Crippen molar-refractivity contribution in [2.45, 2.75) is 45.3 Å². The molecule has 0 saturated heterocycles. The summed E-state index contributed by atoms with van der Waals surface area (Å²) < 4.78 is 10.5. The number of carbonyl (C=O) groups is 1. The fourth-order valence-electron chi connectivity index (χ4n) is 2.34. The first-order chi connectivity index (χ1) is 9.11. The predicted octanol–water partition coefficient (Wildman–Crippen LogP) is 2.39. The fourth-order valence-corrected chi connectivity index (χ4v) is 2.34. The van der Waals surface area contributed by atoms with Crippen molar-refractivity contribution in [3.63, 3.8) is 0 Å². The molecule has 0 amide bonds. The molecule has 2 rings (SSSR count). The van der Waals surface area contributed by atoms with Crippen LogP contribution in [-0.2, 0) is 16.0 Å². The average molecular weight is 264 g/mol. The minimum absolute atomic E-state index is 0.343. The third kappa shape index (κ3) is 3.26. The zero-order valence-corrected chi connectivity index (χ0v) is 11.4. The second kappa shape index (κ2) is 6.06. The van der Waals surface area contributed by atoms with Crippen LogP contribution in [0.15, 0.2) is 18.2 Å². The van der Waals surface area contributed by atoms with Gasteiger partial charge in [-0.2, -0.15) is 0 Å². The Morgan fingerprint density at radius 2 is 2.32 bits per heavy atom. The zero-order chi connectivity index (χ0) is 13.8. The molecule has 1 aliphatic carbocycles. The van der Waals surface area contributed by atoms with E-state index in [1.54, 1.807) is 13.8 Å². The third-order valence-electron chi connectivity index (χ3n) is 3.33. The van der Waals surface area contributed by atoms with E-state index in [1.165, 1.54) is 0 Å². The summed E-state index contributed by atoms with van der Waals surface area (Å²) in [7, 11) is 0. The summed E-state index contributed by atoms with van der Waals surface area (Å²) in [4.78, 5) is 11.5. The minimum atomic E-state index is -0.640. The second-order valence-corrected chi connectivity index (χ2v) is 4.78. The molecule has 0 spiro atoms. The van der Waals surface area contributed by atoms with E-state index in [0.29, 0.717) is 12.4 Å². The van der Waals surface area contributed by atoms with Gasteiger partial charge in [-0.05, 0) is 56.4 Å². The molecule has 2 atom stereocenters. The molecule has 0 aliphatic heterocycles. The highest BCUT2D eigenvalue weighted by Gasteiger charge is 2.20. The van der Waals surface area contributed by atoms with Crippen LogP contribution in [-0.4, -0.2) is 23.8 Å². The molecular formula is C15H20O4. The van der Waals surface area contributed by atoms with Crippen molar-refractivity contribution in [1.82, 2.24) is 0 Å². The van der Waals surface area contributed by atoms with E-state index < -0.39 is 12.2 Å². The molecule has 0 saturated carbocycles. The lowest BCUT2D eigenvalue weighted by atomic mass is 9.89. The van der Waals surface area contributed by atoms with Gasteiger partial charge in [-0.3, -0.25) is 0 Å². The van der Waals surface area contributed by atoms with Crippen LogP contribution < -0.4 is 4.74 Å². The molecule has 104 valence electrons. The van der Waals surface area contributed by atoms with Gasteiger partial charge in [0.1, 0.15) is 5.75 Å². The Balaban J connectivity index is 2.09. The number of aliphatic hydroxyl groups excluding tert-OH is 1. The molecule has 1 unspecified atom stereocenters. The van der Waals surface area contributed by atoms with Crippen molar-refractivity contribution in [2.24, 2.45) is 0 Å². The van der Waals surface area contributed by atoms with E-state index in [4.69, 9.17) is 9.47 Å². The highest BCUT2D eigenvalue weighted by molar-refractivity contribution is 5.74. The van der Waals surface area contributed by atoms with Crippen LogP contribution in [0.2, 0.25) is 0 Å². The molecule has 0 fully saturated rings. The summed E-state index contributed by atoms with van der Waals surface area (Å²) in [6, 6.07) is 5.63. The van der Waals surface area contributed by atoms with Crippen molar-refractivity contribution in [3.8, 4) is 5.75 Å². The molecule has 4 heteroatoms. The second-order valence-electron chi connectivity index (χ2n) is 4.78. The summed E-state index contributed by atoms with van der Waals surface area (Å²) >= 11 is 0. The van der Waals surface area contributed by atoms with E-state index in [9.17, 15) is 9.90 Å². The molecule has 1 aromatic rings. The summed E-state index contributed by atoms with van der Waals surface area (Å²) in [6.45, 7) is 3.77. The molecule has 0 heterocycles. The smallest absolute Gasteiger partial charge is 0.347 e. The number of carbonyl (C=O) groups excluding carboxylic acids is 1. The molecule has 0 bridgehead atoms. The van der Waals surface area contributed by atoms with Crippen LogP contribution in [0, 0.1) is 0 Å². The van der Waals surface area contributed by atoms with Crippen LogP contribution >= 0.6 is 0 Å². The van der Waals surface area contributed by atoms with Crippen LogP contribution in [0.3, 0.4) is 0 Å². The lowest BCUT2D eigenvalue weighted by Crippen LogP contribution is -2.26. The first-order valence-electron chi connectivity index (χ1n) is 6.76. The topological polar surface area (TPSA) is 55.8 Å². The average Bonchev–Trinajstić information content (AvgIpc) is 2.40. The van der Waals surface area contributed by atoms with Crippen molar-refractivity contribution in [3.05, 3.63) is 29.3 Å². The maximum Gasteiger partial charge on any atom is 0.347 e. The molecule has 19 heavy (non-hydrogen) atoms. The SMILES string of the molecule is CCOC(=O)C(C)Oc1ccc2c(c1)[C@H](O)CCC2. The summed E-state index contributed by atoms with van der Waals surface area (Å²) in [5.41, 5.74) is 2.08. The first kappa shape index (κ1) is 13.9. The van der Waals surface area contributed by atoms with Gasteiger partial charge in [0.25, 0.3) is 0 Å². The van der Waals surface area contributed by atoms with Crippen LogP contribution in [0.1, 0.15) is 43.9 Å². The van der Waals surface area contributed by atoms with Crippen molar-refractivity contribution < 1.29 is 19.4 Å². The number of hydrogen-bond donors (Lipinski definition) is 1. The number of esters is 1. The Hall–Kier alpha value is -1.55. The predicted molar refractivity (Wildman–Crippen MR) is 71.1 cm³/mol. The van der Waals surface area contributed by atoms with Crippen LogP contribution in [0.25, 0.3) is 0 Å². The van der Waals surface area contributed by atoms with Gasteiger partial charge in [0, 0.05) is 0 Å². The van der Waals surface area contributed by atoms with E-state index in [1.807, 2.05) is 18.2 Å². The monoisotopic (exact) mass is 264 g/mol. The number of rotatable bonds is 4. The number of aliphatic hydroxyl groups is 1. The van der Waals surface area contributed by atoms with E-state index in [-0.39, 0.29) is 5.97 Å². The lowest BCUT2D eigenvalue weighted by molar-refractivity contribution is -0.150. The van der Waals surface area contributed by atoms with Crippen molar-refractivity contribution >= 4 is 5.97 Å². The van der Waals surface area contributed by atoms with Crippen molar-refractivity contribution in [2.75, 3.05) is 6.61 Å². The molecular weight excluding hydrogens is 244 g/mol. The van der Waals surface area contributed by atoms with Gasteiger partial charge in [0.2, 0.25) is 0 Å². The van der Waals surface area contributed by atoms with Gasteiger partial charge in [-0.25, -0.2) is 4.79 Å². The molecule has 1 aromatic carbocycles. The van der Waals surface area contributed by atoms with Gasteiger partial charge in [0.15, 0.2) is 6.10 Å². The maximum absolute atomic E-state index is 11.5. The number of ether oxygens (including phenoxy) is 2. The van der Waals surface area contributed by atoms with Gasteiger partial charge >= 0.3 is 5.97 Å². The number of benzene rings is 1. The van der Waals surface area contributed by atoms with Crippen molar-refractivity contribution in [1.29, 1.82) is 0 Å². The highest BCUT2D eigenvalue weighted by Crippen LogP contribution is 2.32. The van der Waals surface area contributed by atoms with Gasteiger partial charge in [-0.1, -0.05) is 6.07 Å². The number of aryl methyl sites for hydroxylation is 1. The Morgan fingerprint density at radius 1 is 1.53 bits per heavy atom. The zero-order valence-electron chi connectivity index (χ0n) is 11.4. The van der Waals surface area contributed by atoms with Crippen LogP contribution in [0.5, 0.6) is 5.75 Å². The highest BCUT2D eigenvalue weighted by atomic mass is 16.6. The van der Waals surface area contributed by atoms with Crippen LogP contribution in [0.4, 0.5) is 0 Å². The molecule has 1 aliphatic rings. The minimum Gasteiger partial charge on any atom is -0.479 e. The third-order valence-corrected chi connectivity index (χ3v) is 3.33. The summed E-state index contributed by atoms with van der Waals surface area (Å²) in [6.07, 6.45) is 1.71. The molecule has 1 N–H and O–H groups in total. The van der Waals surface area contributed by atoms with E-state index in [2.05, 4.69) is 0 Å². The Labute approximate surface area is 113 Å². The maximum atomic E-state index is 11.5. The molecule has 0 radical (unpaired) electrons. The summed E-state index contributed by atoms with van der Waals surface area (Å²) in [5.74, 6) is 0.223. The largest absolute Gasteiger partial charge is 0.479 e. The standard InChI is InChI=1S/C15H20O4/c1-3-18-15(17)10(2)19-12-8-7-11-5-4-6-14(16)13(11)9-12/h7-10,14,16H,3-6H2,1-2H3/t10?,14-/m1/s1. The lowest BCUT2D eigenvalue weighted by Gasteiger charge is -2.22.